The van der Waals surface area contributed by atoms with Gasteiger partial charge in [-0.2, -0.15) is 0 Å². The normalized spacial score (nSPS) is 19.7. The number of hydrogen-bond donors (Lipinski definition) is 3. The summed E-state index contributed by atoms with van der Waals surface area (Å²) in [5.74, 6) is 0.403. The standard InChI is InChI=1S/C21H30FN5O2.HI/c1-23-21(24-13-19(28)25-17-9-7-16(22)8-10-17)26-18-11-12-27(14-18)20(29)15-5-3-2-4-6-15;/h7-10,15,18H,2-6,11-14H2,1H3,(H,25,28)(H2,23,24,26);1H. The average molecular weight is 531 g/mol. The molecule has 1 heterocycles. The molecule has 1 aliphatic carbocycles. The van der Waals surface area contributed by atoms with E-state index in [1.807, 2.05) is 4.90 Å². The van der Waals surface area contributed by atoms with Crippen LogP contribution in [0.5, 0.6) is 0 Å². The van der Waals surface area contributed by atoms with E-state index in [0.717, 1.165) is 38.6 Å². The third-order valence-electron chi connectivity index (χ3n) is 5.56. The second kappa shape index (κ2) is 12.1. The largest absolute Gasteiger partial charge is 0.352 e. The number of guanidine groups is 1. The Bertz CT molecular complexity index is 737. The summed E-state index contributed by atoms with van der Waals surface area (Å²) in [6.45, 7) is 1.46. The maximum absolute atomic E-state index is 12.9. The SMILES string of the molecule is CN=C(NCC(=O)Nc1ccc(F)cc1)NC1CCN(C(=O)C2CCCCC2)C1.I. The van der Waals surface area contributed by atoms with E-state index in [2.05, 4.69) is 20.9 Å². The molecule has 1 aliphatic heterocycles. The van der Waals surface area contributed by atoms with E-state index in [9.17, 15) is 14.0 Å². The Hall–Kier alpha value is -1.91. The van der Waals surface area contributed by atoms with E-state index >= 15 is 0 Å². The molecule has 1 saturated carbocycles. The van der Waals surface area contributed by atoms with Gasteiger partial charge in [-0.1, -0.05) is 19.3 Å². The van der Waals surface area contributed by atoms with E-state index in [4.69, 9.17) is 0 Å². The molecule has 1 saturated heterocycles. The first-order valence-corrected chi connectivity index (χ1v) is 10.4. The van der Waals surface area contributed by atoms with Crippen molar-refractivity contribution in [2.24, 2.45) is 10.9 Å². The van der Waals surface area contributed by atoms with Crippen LogP contribution in [0.4, 0.5) is 10.1 Å². The highest BCUT2D eigenvalue weighted by molar-refractivity contribution is 14.0. The molecule has 0 spiro atoms. The Labute approximate surface area is 194 Å². The van der Waals surface area contributed by atoms with Crippen LogP contribution in [0.15, 0.2) is 29.3 Å². The number of amides is 2. The lowest BCUT2D eigenvalue weighted by atomic mass is 9.88. The van der Waals surface area contributed by atoms with Crippen LogP contribution in [0.25, 0.3) is 0 Å². The summed E-state index contributed by atoms with van der Waals surface area (Å²) in [6.07, 6.45) is 6.44. The third-order valence-corrected chi connectivity index (χ3v) is 5.56. The van der Waals surface area contributed by atoms with Gasteiger partial charge in [-0.3, -0.25) is 14.6 Å². The molecule has 7 nitrogen and oxygen atoms in total. The number of benzene rings is 1. The molecule has 1 atom stereocenters. The van der Waals surface area contributed by atoms with Gasteiger partial charge in [-0.15, -0.1) is 24.0 Å². The van der Waals surface area contributed by atoms with Crippen molar-refractivity contribution < 1.29 is 14.0 Å². The predicted octanol–water partition coefficient (Wildman–Crippen LogP) is 2.73. The van der Waals surface area contributed by atoms with Crippen LogP contribution in [0.2, 0.25) is 0 Å². The van der Waals surface area contributed by atoms with Crippen molar-refractivity contribution in [2.45, 2.75) is 44.6 Å². The van der Waals surface area contributed by atoms with Crippen molar-refractivity contribution >= 4 is 47.4 Å². The number of anilines is 1. The fourth-order valence-corrected chi connectivity index (χ4v) is 3.98. The lowest BCUT2D eigenvalue weighted by Crippen LogP contribution is -2.47. The van der Waals surface area contributed by atoms with Crippen LogP contribution >= 0.6 is 24.0 Å². The number of carbonyl (C=O) groups is 2. The second-order valence-corrected chi connectivity index (χ2v) is 7.73. The van der Waals surface area contributed by atoms with Gasteiger partial charge in [-0.25, -0.2) is 4.39 Å². The molecular weight excluding hydrogens is 500 g/mol. The summed E-state index contributed by atoms with van der Waals surface area (Å²) in [4.78, 5) is 30.9. The Morgan fingerprint density at radius 2 is 1.83 bits per heavy atom. The molecule has 3 N–H and O–H groups in total. The first kappa shape index (κ1) is 24.4. The Morgan fingerprint density at radius 1 is 1.13 bits per heavy atom. The van der Waals surface area contributed by atoms with Crippen LogP contribution in [-0.2, 0) is 9.59 Å². The number of rotatable bonds is 5. The molecule has 166 valence electrons. The van der Waals surface area contributed by atoms with Gasteiger partial charge >= 0.3 is 0 Å². The van der Waals surface area contributed by atoms with Crippen molar-refractivity contribution in [3.8, 4) is 0 Å². The van der Waals surface area contributed by atoms with Crippen molar-refractivity contribution in [1.29, 1.82) is 0 Å². The molecule has 0 radical (unpaired) electrons. The van der Waals surface area contributed by atoms with Gasteiger partial charge in [0.25, 0.3) is 0 Å². The van der Waals surface area contributed by atoms with Crippen LogP contribution in [0.3, 0.4) is 0 Å². The monoisotopic (exact) mass is 531 g/mol. The predicted molar refractivity (Wildman–Crippen MR) is 127 cm³/mol. The minimum atomic E-state index is -0.349. The summed E-state index contributed by atoms with van der Waals surface area (Å²) in [5, 5.41) is 8.98. The van der Waals surface area contributed by atoms with Crippen LogP contribution in [-0.4, -0.2) is 55.4 Å². The lowest BCUT2D eigenvalue weighted by molar-refractivity contribution is -0.135. The van der Waals surface area contributed by atoms with Crippen molar-refractivity contribution in [1.82, 2.24) is 15.5 Å². The van der Waals surface area contributed by atoms with E-state index in [1.54, 1.807) is 7.05 Å². The van der Waals surface area contributed by atoms with Crippen molar-refractivity contribution in [3.63, 3.8) is 0 Å². The Kier molecular flexibility index (Phi) is 9.80. The van der Waals surface area contributed by atoms with Gasteiger partial charge in [0.05, 0.1) is 6.54 Å². The molecule has 3 rings (SSSR count). The number of nitrogens with one attached hydrogen (secondary N) is 3. The average Bonchev–Trinajstić information content (AvgIpc) is 3.21. The highest BCUT2D eigenvalue weighted by Crippen LogP contribution is 2.26. The highest BCUT2D eigenvalue weighted by Gasteiger charge is 2.31. The van der Waals surface area contributed by atoms with Crippen LogP contribution in [0.1, 0.15) is 38.5 Å². The first-order valence-electron chi connectivity index (χ1n) is 10.4. The van der Waals surface area contributed by atoms with E-state index in [1.165, 1.54) is 30.7 Å². The number of carbonyl (C=O) groups excluding carboxylic acids is 2. The van der Waals surface area contributed by atoms with Gasteiger partial charge < -0.3 is 20.9 Å². The van der Waals surface area contributed by atoms with Gasteiger partial charge in [0.1, 0.15) is 5.82 Å². The molecule has 2 aliphatic rings. The molecule has 9 heteroatoms. The van der Waals surface area contributed by atoms with Gasteiger partial charge in [0.2, 0.25) is 11.8 Å². The maximum atomic E-state index is 12.9. The molecule has 0 aromatic heterocycles. The molecule has 1 unspecified atom stereocenters. The van der Waals surface area contributed by atoms with Crippen molar-refractivity contribution in [2.75, 3.05) is 32.0 Å². The molecule has 2 amide bonds. The molecule has 1 aromatic carbocycles. The molecule has 2 fully saturated rings. The Balaban J connectivity index is 0.00000320. The lowest BCUT2D eigenvalue weighted by Gasteiger charge is -2.26. The quantitative estimate of drug-likeness (QED) is 0.310. The zero-order chi connectivity index (χ0) is 20.6. The van der Waals surface area contributed by atoms with E-state index in [0.29, 0.717) is 18.2 Å². The van der Waals surface area contributed by atoms with Gasteiger partial charge in [0.15, 0.2) is 5.96 Å². The van der Waals surface area contributed by atoms with Gasteiger partial charge in [-0.05, 0) is 43.5 Å². The molecular formula is C21H31FIN5O2. The van der Waals surface area contributed by atoms with Crippen molar-refractivity contribution in [3.05, 3.63) is 30.1 Å². The summed E-state index contributed by atoms with van der Waals surface area (Å²) < 4.78 is 12.9. The zero-order valence-corrected chi connectivity index (χ0v) is 19.7. The number of halogens is 2. The fraction of sp³-hybridized carbons (Fsp3) is 0.571. The second-order valence-electron chi connectivity index (χ2n) is 7.73. The van der Waals surface area contributed by atoms with E-state index < -0.39 is 0 Å². The fourth-order valence-electron chi connectivity index (χ4n) is 3.98. The summed E-state index contributed by atoms with van der Waals surface area (Å²) in [5.41, 5.74) is 0.536. The van der Waals surface area contributed by atoms with E-state index in [-0.39, 0.29) is 60.1 Å². The first-order chi connectivity index (χ1) is 14.0. The number of hydrogen-bond acceptors (Lipinski definition) is 3. The zero-order valence-electron chi connectivity index (χ0n) is 17.3. The number of nitrogens with zero attached hydrogens (tertiary/aromatic N) is 2. The third kappa shape index (κ3) is 7.10. The highest BCUT2D eigenvalue weighted by atomic mass is 127. The van der Waals surface area contributed by atoms with Gasteiger partial charge in [0, 0.05) is 37.8 Å². The molecule has 1 aromatic rings. The number of likely N-dealkylation sites (tertiary alicyclic amines) is 1. The summed E-state index contributed by atoms with van der Waals surface area (Å²) in [6, 6.07) is 5.73. The Morgan fingerprint density at radius 3 is 2.50 bits per heavy atom. The minimum Gasteiger partial charge on any atom is -0.352 e. The number of aliphatic imine (C=N–C) groups is 1. The summed E-state index contributed by atoms with van der Waals surface area (Å²) in [7, 11) is 1.65. The molecule has 30 heavy (non-hydrogen) atoms. The van der Waals surface area contributed by atoms with Crippen LogP contribution in [0, 0.1) is 11.7 Å². The summed E-state index contributed by atoms with van der Waals surface area (Å²) >= 11 is 0. The maximum Gasteiger partial charge on any atom is 0.243 e. The molecule has 0 bridgehead atoms. The minimum absolute atomic E-state index is 0. The van der Waals surface area contributed by atoms with Crippen LogP contribution < -0.4 is 16.0 Å². The smallest absolute Gasteiger partial charge is 0.243 e. The topological polar surface area (TPSA) is 85.8 Å².